The Kier molecular flexibility index (Phi) is 4.38. The van der Waals surface area contributed by atoms with Gasteiger partial charge in [0, 0.05) is 28.2 Å². The lowest BCUT2D eigenvalue weighted by molar-refractivity contribution is 0.602. The Morgan fingerprint density at radius 2 is 1.80 bits per heavy atom. The molecule has 0 unspecified atom stereocenters. The number of hydrogen-bond acceptors (Lipinski definition) is 2. The van der Waals surface area contributed by atoms with Crippen molar-refractivity contribution in [2.75, 3.05) is 0 Å². The normalized spacial score (nSPS) is 11.8. The number of H-pyrrole nitrogens is 1. The zero-order chi connectivity index (χ0) is 20.5. The number of halogens is 1. The van der Waals surface area contributed by atoms with Gasteiger partial charge in [0.05, 0.1) is 23.2 Å². The van der Waals surface area contributed by atoms with Crippen molar-refractivity contribution in [2.24, 2.45) is 0 Å². The molecule has 2 aromatic heterocycles. The van der Waals surface area contributed by atoms with E-state index in [1.807, 2.05) is 71.4 Å². The van der Waals surface area contributed by atoms with Crippen LogP contribution in [0.4, 0.5) is 4.39 Å². The molecule has 0 atom stereocenters. The van der Waals surface area contributed by atoms with Crippen molar-refractivity contribution in [1.82, 2.24) is 14.5 Å². The fraction of sp³-hybridized carbons (Fsp3) is 0.0400. The molecule has 0 saturated carbocycles. The molecule has 1 N–H and O–H groups in total. The molecule has 5 aromatic rings. The fourth-order valence-electron chi connectivity index (χ4n) is 3.72. The molecule has 0 bridgehead atoms. The number of imidazole rings is 1. The molecule has 0 saturated heterocycles. The fourth-order valence-corrected chi connectivity index (χ4v) is 3.72. The molecular formula is C25H17FN4. The van der Waals surface area contributed by atoms with Crippen LogP contribution >= 0.6 is 0 Å². The summed E-state index contributed by atoms with van der Waals surface area (Å²) in [5.41, 5.74) is 4.63. The number of nitrogens with zero attached hydrogens (tertiary/aromatic N) is 3. The molecule has 0 amide bonds. The minimum Gasteiger partial charge on any atom is -0.342 e. The predicted octanol–water partition coefficient (Wildman–Crippen LogP) is 5.77. The molecular weight excluding hydrogens is 375 g/mol. The Bertz CT molecular complexity index is 1420. The van der Waals surface area contributed by atoms with Gasteiger partial charge in [0.25, 0.3) is 0 Å². The highest BCUT2D eigenvalue weighted by Crippen LogP contribution is 2.27. The molecule has 2 heterocycles. The molecule has 4 nitrogen and oxygen atoms in total. The van der Waals surface area contributed by atoms with Crippen molar-refractivity contribution in [1.29, 1.82) is 5.26 Å². The Hall–Kier alpha value is -4.17. The smallest absolute Gasteiger partial charge is 0.149 e. The molecule has 0 radical (unpaired) electrons. The van der Waals surface area contributed by atoms with Crippen LogP contribution in [-0.4, -0.2) is 14.5 Å². The van der Waals surface area contributed by atoms with Gasteiger partial charge in [0.1, 0.15) is 17.7 Å². The summed E-state index contributed by atoms with van der Waals surface area (Å²) < 4.78 is 16.2. The number of nitriles is 1. The lowest BCUT2D eigenvalue weighted by Gasteiger charge is -2.06. The summed E-state index contributed by atoms with van der Waals surface area (Å²) in [5, 5.41) is 10.8. The van der Waals surface area contributed by atoms with Crippen LogP contribution in [-0.2, 0) is 6.54 Å². The van der Waals surface area contributed by atoms with Gasteiger partial charge in [0.15, 0.2) is 0 Å². The number of hydrogen-bond donors (Lipinski definition) is 1. The van der Waals surface area contributed by atoms with Crippen molar-refractivity contribution < 1.29 is 4.39 Å². The van der Waals surface area contributed by atoms with Crippen LogP contribution in [0.15, 0.2) is 79.0 Å². The van der Waals surface area contributed by atoms with Crippen LogP contribution in [0.5, 0.6) is 0 Å². The number of aromatic nitrogens is 3. The average Bonchev–Trinajstić information content (AvgIpc) is 3.35. The maximum atomic E-state index is 14.2. The van der Waals surface area contributed by atoms with E-state index in [-0.39, 0.29) is 5.82 Å². The number of allylic oxidation sites excluding steroid dienone is 1. The highest BCUT2D eigenvalue weighted by atomic mass is 19.1. The molecule has 144 valence electrons. The van der Waals surface area contributed by atoms with Crippen LogP contribution in [0.1, 0.15) is 17.0 Å². The molecule has 30 heavy (non-hydrogen) atoms. The van der Waals surface area contributed by atoms with Crippen LogP contribution in [0.25, 0.3) is 33.6 Å². The van der Waals surface area contributed by atoms with E-state index in [0.717, 1.165) is 27.5 Å². The molecule has 5 heteroatoms. The van der Waals surface area contributed by atoms with Gasteiger partial charge in [-0.15, -0.1) is 0 Å². The van der Waals surface area contributed by atoms with Crippen LogP contribution in [0, 0.1) is 17.1 Å². The lowest BCUT2D eigenvalue weighted by atomic mass is 10.1. The summed E-state index contributed by atoms with van der Waals surface area (Å²) in [6.45, 7) is 0.410. The Labute approximate surface area is 172 Å². The highest BCUT2D eigenvalue weighted by molar-refractivity contribution is 5.98. The number of fused-ring (bicyclic) bond motifs is 2. The first-order valence-corrected chi connectivity index (χ1v) is 9.61. The summed E-state index contributed by atoms with van der Waals surface area (Å²) in [5.74, 6) is 0.303. The zero-order valence-corrected chi connectivity index (χ0v) is 16.0. The molecule has 3 aromatic carbocycles. The van der Waals surface area contributed by atoms with Crippen molar-refractivity contribution in [2.45, 2.75) is 6.54 Å². The van der Waals surface area contributed by atoms with Gasteiger partial charge >= 0.3 is 0 Å². The first kappa shape index (κ1) is 17.9. The second-order valence-corrected chi connectivity index (χ2v) is 7.09. The highest BCUT2D eigenvalue weighted by Gasteiger charge is 2.12. The van der Waals surface area contributed by atoms with Gasteiger partial charge in [-0.3, -0.25) is 0 Å². The standard InChI is InChI=1S/C25H17FN4/c26-21-9-3-1-7-17(21)15-30-16-19(20-8-2-6-12-24(20)30)13-18(14-27)25-28-22-10-4-5-11-23(22)29-25/h1-13,16H,15H2,(H,28,29)/b18-13+. The molecule has 0 aliphatic carbocycles. The van der Waals surface area contributed by atoms with E-state index >= 15 is 0 Å². The number of benzene rings is 3. The van der Waals surface area contributed by atoms with Crippen molar-refractivity contribution >= 4 is 33.6 Å². The van der Waals surface area contributed by atoms with E-state index < -0.39 is 0 Å². The minimum absolute atomic E-state index is 0.229. The summed E-state index contributed by atoms with van der Waals surface area (Å²) in [4.78, 5) is 7.75. The topological polar surface area (TPSA) is 57.4 Å². The molecule has 0 spiro atoms. The molecule has 5 rings (SSSR count). The maximum absolute atomic E-state index is 14.2. The molecule has 0 aliphatic rings. The Morgan fingerprint density at radius 3 is 2.63 bits per heavy atom. The number of nitrogens with one attached hydrogen (secondary N) is 1. The van der Waals surface area contributed by atoms with Crippen molar-refractivity contribution in [3.05, 3.63) is 102 Å². The van der Waals surface area contributed by atoms with E-state index in [1.165, 1.54) is 6.07 Å². The predicted molar refractivity (Wildman–Crippen MR) is 117 cm³/mol. The van der Waals surface area contributed by atoms with Gasteiger partial charge in [0.2, 0.25) is 0 Å². The van der Waals surface area contributed by atoms with E-state index in [9.17, 15) is 9.65 Å². The third-order valence-electron chi connectivity index (χ3n) is 5.18. The Morgan fingerprint density at radius 1 is 1.03 bits per heavy atom. The second kappa shape index (κ2) is 7.34. The maximum Gasteiger partial charge on any atom is 0.149 e. The summed E-state index contributed by atoms with van der Waals surface area (Å²) >= 11 is 0. The summed E-state index contributed by atoms with van der Waals surface area (Å²) in [6.07, 6.45) is 3.79. The zero-order valence-electron chi connectivity index (χ0n) is 16.0. The lowest BCUT2D eigenvalue weighted by Crippen LogP contribution is -2.00. The quantitative estimate of drug-likeness (QED) is 0.395. The molecule has 0 aliphatic heterocycles. The monoisotopic (exact) mass is 392 g/mol. The largest absolute Gasteiger partial charge is 0.342 e. The van der Waals surface area contributed by atoms with E-state index in [1.54, 1.807) is 12.1 Å². The van der Waals surface area contributed by atoms with Crippen LogP contribution in [0.3, 0.4) is 0 Å². The number of rotatable bonds is 4. The second-order valence-electron chi connectivity index (χ2n) is 7.09. The summed E-state index contributed by atoms with van der Waals surface area (Å²) in [6, 6.07) is 24.6. The third-order valence-corrected chi connectivity index (χ3v) is 5.18. The number of aromatic amines is 1. The van der Waals surface area contributed by atoms with Gasteiger partial charge in [-0.1, -0.05) is 48.5 Å². The average molecular weight is 392 g/mol. The van der Waals surface area contributed by atoms with E-state index in [0.29, 0.717) is 23.5 Å². The van der Waals surface area contributed by atoms with Crippen molar-refractivity contribution in [3.63, 3.8) is 0 Å². The molecule has 0 fully saturated rings. The minimum atomic E-state index is -0.229. The van der Waals surface area contributed by atoms with Gasteiger partial charge < -0.3 is 9.55 Å². The van der Waals surface area contributed by atoms with E-state index in [2.05, 4.69) is 16.0 Å². The SMILES string of the molecule is N#C/C(=C\c1cn(Cc2ccccc2F)c2ccccc12)c1nc2ccccc2[nH]1. The van der Waals surface area contributed by atoms with Crippen LogP contribution in [0.2, 0.25) is 0 Å². The van der Waals surface area contributed by atoms with Gasteiger partial charge in [-0.25, -0.2) is 9.37 Å². The number of para-hydroxylation sites is 3. The Balaban J connectivity index is 1.61. The third kappa shape index (κ3) is 3.15. The van der Waals surface area contributed by atoms with Crippen LogP contribution < -0.4 is 0 Å². The van der Waals surface area contributed by atoms with E-state index in [4.69, 9.17) is 0 Å². The summed E-state index contributed by atoms with van der Waals surface area (Å²) in [7, 11) is 0. The van der Waals surface area contributed by atoms with Crippen molar-refractivity contribution in [3.8, 4) is 6.07 Å². The van der Waals surface area contributed by atoms with Gasteiger partial charge in [-0.05, 0) is 30.3 Å². The first-order valence-electron chi connectivity index (χ1n) is 9.61. The first-order chi connectivity index (χ1) is 14.7. The van der Waals surface area contributed by atoms with Gasteiger partial charge in [-0.2, -0.15) is 5.26 Å².